The van der Waals surface area contributed by atoms with Crippen LogP contribution in [0.2, 0.25) is 0 Å². The summed E-state index contributed by atoms with van der Waals surface area (Å²) in [6, 6.07) is 0. The van der Waals surface area contributed by atoms with Gasteiger partial charge in [0.15, 0.2) is 11.0 Å². The highest BCUT2D eigenvalue weighted by atomic mass is 32.2. The highest BCUT2D eigenvalue weighted by Gasteiger charge is 2.06. The van der Waals surface area contributed by atoms with Crippen molar-refractivity contribution in [2.45, 2.75) is 13.3 Å². The summed E-state index contributed by atoms with van der Waals surface area (Å²) in [4.78, 5) is 8.39. The van der Waals surface area contributed by atoms with Gasteiger partial charge in [0.05, 0.1) is 6.54 Å². The van der Waals surface area contributed by atoms with Gasteiger partial charge in [-0.25, -0.2) is 0 Å². The van der Waals surface area contributed by atoms with E-state index in [0.717, 1.165) is 36.3 Å². The summed E-state index contributed by atoms with van der Waals surface area (Å²) in [6.45, 7) is 3.53. The smallest absolute Gasteiger partial charge is 0.223 e. The topological polar surface area (TPSA) is 63.3 Å². The minimum atomic E-state index is 0.618. The third-order valence-corrected chi connectivity index (χ3v) is 2.71. The Labute approximate surface area is 86.4 Å². The molecule has 1 aromatic heterocycles. The monoisotopic (exact) mass is 212 g/mol. The minimum absolute atomic E-state index is 0.618. The summed E-state index contributed by atoms with van der Waals surface area (Å²) in [5.74, 6) is 2.45. The zero-order valence-corrected chi connectivity index (χ0v) is 8.80. The van der Waals surface area contributed by atoms with Crippen molar-refractivity contribution in [1.29, 1.82) is 0 Å². The van der Waals surface area contributed by atoms with Gasteiger partial charge in [-0.3, -0.25) is 4.99 Å². The van der Waals surface area contributed by atoms with E-state index in [0.29, 0.717) is 5.89 Å². The van der Waals surface area contributed by atoms with Crippen LogP contribution in [0.5, 0.6) is 0 Å². The van der Waals surface area contributed by atoms with E-state index in [2.05, 4.69) is 20.4 Å². The van der Waals surface area contributed by atoms with Gasteiger partial charge in [-0.1, -0.05) is 16.9 Å². The van der Waals surface area contributed by atoms with E-state index in [4.69, 9.17) is 4.52 Å². The van der Waals surface area contributed by atoms with Crippen LogP contribution in [0.15, 0.2) is 9.52 Å². The van der Waals surface area contributed by atoms with Gasteiger partial charge in [0, 0.05) is 25.6 Å². The molecule has 0 saturated heterocycles. The molecule has 0 atom stereocenters. The lowest BCUT2D eigenvalue weighted by molar-refractivity contribution is 0.387. The maximum absolute atomic E-state index is 4.86. The maximum Gasteiger partial charge on any atom is 0.223 e. The highest BCUT2D eigenvalue weighted by molar-refractivity contribution is 8.14. The quantitative estimate of drug-likeness (QED) is 0.795. The van der Waals surface area contributed by atoms with E-state index in [1.165, 1.54) is 0 Å². The van der Waals surface area contributed by atoms with Gasteiger partial charge in [0.2, 0.25) is 5.89 Å². The zero-order chi connectivity index (χ0) is 9.80. The third kappa shape index (κ3) is 2.47. The Hall–Kier alpha value is -1.04. The molecule has 2 heterocycles. The number of hydrogen-bond donors (Lipinski definition) is 1. The Kier molecular flexibility index (Phi) is 3.03. The summed E-state index contributed by atoms with van der Waals surface area (Å²) < 4.78 is 4.86. The minimum Gasteiger partial charge on any atom is -0.364 e. The predicted molar refractivity (Wildman–Crippen MR) is 55.5 cm³/mol. The molecule has 0 unspecified atom stereocenters. The zero-order valence-electron chi connectivity index (χ0n) is 7.99. The maximum atomic E-state index is 4.86. The van der Waals surface area contributed by atoms with Gasteiger partial charge in [0.25, 0.3) is 0 Å². The molecule has 2 rings (SSSR count). The molecule has 0 fully saturated rings. The fourth-order valence-corrected chi connectivity index (χ4v) is 1.93. The molecule has 0 bridgehead atoms. The van der Waals surface area contributed by atoms with Crippen LogP contribution in [0.25, 0.3) is 0 Å². The number of amidine groups is 1. The van der Waals surface area contributed by atoms with Crippen LogP contribution in [-0.4, -0.2) is 34.2 Å². The number of hydrogen-bond acceptors (Lipinski definition) is 6. The molecule has 5 nitrogen and oxygen atoms in total. The summed E-state index contributed by atoms with van der Waals surface area (Å²) >= 11 is 1.76. The van der Waals surface area contributed by atoms with Crippen molar-refractivity contribution in [2.75, 3.05) is 18.8 Å². The van der Waals surface area contributed by atoms with Gasteiger partial charge in [-0.2, -0.15) is 4.98 Å². The molecule has 0 aromatic carbocycles. The first kappa shape index (κ1) is 9.51. The fraction of sp³-hybridized carbons (Fsp3) is 0.625. The second-order valence-electron chi connectivity index (χ2n) is 2.94. The molecule has 1 aromatic rings. The second kappa shape index (κ2) is 4.45. The number of thioether (sulfide) groups is 1. The molecule has 0 spiro atoms. The predicted octanol–water partition coefficient (Wildman–Crippen LogP) is 0.613. The van der Waals surface area contributed by atoms with Crippen LogP contribution < -0.4 is 5.32 Å². The van der Waals surface area contributed by atoms with Crippen molar-refractivity contribution in [3.8, 4) is 0 Å². The first-order valence-electron chi connectivity index (χ1n) is 4.55. The third-order valence-electron chi connectivity index (χ3n) is 1.78. The van der Waals surface area contributed by atoms with Crippen molar-refractivity contribution < 1.29 is 4.52 Å². The van der Waals surface area contributed by atoms with Gasteiger partial charge in [-0.05, 0) is 0 Å². The Morgan fingerprint density at radius 3 is 3.14 bits per heavy atom. The van der Waals surface area contributed by atoms with Crippen LogP contribution in [0.3, 0.4) is 0 Å². The van der Waals surface area contributed by atoms with Crippen molar-refractivity contribution >= 4 is 16.9 Å². The second-order valence-corrected chi connectivity index (χ2v) is 4.03. The van der Waals surface area contributed by atoms with E-state index in [1.54, 1.807) is 18.7 Å². The highest BCUT2D eigenvalue weighted by Crippen LogP contribution is 2.08. The molecule has 0 amide bonds. The van der Waals surface area contributed by atoms with E-state index in [1.807, 2.05) is 0 Å². The molecule has 14 heavy (non-hydrogen) atoms. The number of aromatic nitrogens is 2. The average Bonchev–Trinajstić information content (AvgIpc) is 2.77. The molecule has 1 aliphatic heterocycles. The van der Waals surface area contributed by atoms with Gasteiger partial charge >= 0.3 is 0 Å². The Morgan fingerprint density at radius 1 is 1.57 bits per heavy atom. The number of rotatable bonds is 3. The van der Waals surface area contributed by atoms with E-state index in [9.17, 15) is 0 Å². The first-order valence-corrected chi connectivity index (χ1v) is 5.53. The molecule has 0 aliphatic carbocycles. The van der Waals surface area contributed by atoms with Crippen LogP contribution in [0.1, 0.15) is 11.7 Å². The molecule has 6 heteroatoms. The van der Waals surface area contributed by atoms with E-state index >= 15 is 0 Å². The normalized spacial score (nSPS) is 15.6. The van der Waals surface area contributed by atoms with Crippen molar-refractivity contribution in [2.24, 2.45) is 4.99 Å². The summed E-state index contributed by atoms with van der Waals surface area (Å²) in [6.07, 6.45) is 0.775. The summed E-state index contributed by atoms with van der Waals surface area (Å²) in [5.41, 5.74) is 0. The Morgan fingerprint density at radius 2 is 2.50 bits per heavy atom. The molecule has 0 saturated carbocycles. The lowest BCUT2D eigenvalue weighted by Gasteiger charge is -2.01. The Bertz CT molecular complexity index is 336. The standard InChI is InChI=1S/C8H12N4OS/c1-6-11-7(12-13-6)2-3-9-8-10-4-5-14-8/h2-5H2,1H3,(H,9,10). The Balaban J connectivity index is 1.72. The molecule has 0 radical (unpaired) electrons. The summed E-state index contributed by atoms with van der Waals surface area (Å²) in [7, 11) is 0. The van der Waals surface area contributed by atoms with Crippen LogP contribution in [-0.2, 0) is 6.42 Å². The van der Waals surface area contributed by atoms with Crippen molar-refractivity contribution in [1.82, 2.24) is 15.5 Å². The number of aryl methyl sites for hydroxylation is 1. The van der Waals surface area contributed by atoms with Crippen LogP contribution >= 0.6 is 11.8 Å². The number of aliphatic imine (C=N–C) groups is 1. The molecular weight excluding hydrogens is 200 g/mol. The van der Waals surface area contributed by atoms with Crippen molar-refractivity contribution in [3.63, 3.8) is 0 Å². The number of nitrogens with one attached hydrogen (secondary N) is 1. The summed E-state index contributed by atoms with van der Waals surface area (Å²) in [5, 5.41) is 8.07. The van der Waals surface area contributed by atoms with E-state index in [-0.39, 0.29) is 0 Å². The van der Waals surface area contributed by atoms with Crippen LogP contribution in [0, 0.1) is 6.92 Å². The average molecular weight is 212 g/mol. The van der Waals surface area contributed by atoms with Gasteiger partial charge in [-0.15, -0.1) is 0 Å². The van der Waals surface area contributed by atoms with Gasteiger partial charge in [0.1, 0.15) is 0 Å². The van der Waals surface area contributed by atoms with Gasteiger partial charge < -0.3 is 9.84 Å². The SMILES string of the molecule is Cc1nc(CCNC2=NCCS2)no1. The molecule has 1 N–H and O–H groups in total. The lowest BCUT2D eigenvalue weighted by Crippen LogP contribution is -2.22. The first-order chi connectivity index (χ1) is 6.84. The largest absolute Gasteiger partial charge is 0.364 e. The fourth-order valence-electron chi connectivity index (χ4n) is 1.17. The molecule has 1 aliphatic rings. The van der Waals surface area contributed by atoms with Crippen LogP contribution in [0.4, 0.5) is 0 Å². The molecule has 76 valence electrons. The molecular formula is C8H12N4OS. The number of nitrogens with zero attached hydrogens (tertiary/aromatic N) is 3. The van der Waals surface area contributed by atoms with Crippen molar-refractivity contribution in [3.05, 3.63) is 11.7 Å². The lowest BCUT2D eigenvalue weighted by atomic mass is 10.4. The van der Waals surface area contributed by atoms with E-state index < -0.39 is 0 Å².